The summed E-state index contributed by atoms with van der Waals surface area (Å²) in [7, 11) is 0. The molecule has 2 aromatic heterocycles. The lowest BCUT2D eigenvalue weighted by Crippen LogP contribution is -2.21. The first-order valence-electron chi connectivity index (χ1n) is 4.49. The van der Waals surface area contributed by atoms with Gasteiger partial charge in [0.05, 0.1) is 19.0 Å². The minimum atomic E-state index is -0.299. The molecule has 5 nitrogen and oxygen atoms in total. The van der Waals surface area contributed by atoms with Crippen LogP contribution < -0.4 is 5.32 Å². The Bertz CT molecular complexity index is 445. The number of nitrogens with one attached hydrogen (secondary N) is 1. The summed E-state index contributed by atoms with van der Waals surface area (Å²) in [6.07, 6.45) is 2.95. The highest BCUT2D eigenvalue weighted by Crippen LogP contribution is 2.03. The number of aromatic nitrogens is 1. The van der Waals surface area contributed by atoms with Crippen molar-refractivity contribution in [2.24, 2.45) is 0 Å². The molecule has 0 saturated carbocycles. The van der Waals surface area contributed by atoms with Crippen molar-refractivity contribution < 1.29 is 13.6 Å². The van der Waals surface area contributed by atoms with Gasteiger partial charge in [-0.3, -0.25) is 4.79 Å². The molecule has 15 heavy (non-hydrogen) atoms. The summed E-state index contributed by atoms with van der Waals surface area (Å²) >= 11 is 0. The Morgan fingerprint density at radius 3 is 3.07 bits per heavy atom. The van der Waals surface area contributed by atoms with Gasteiger partial charge >= 0.3 is 0 Å². The van der Waals surface area contributed by atoms with Gasteiger partial charge in [0.15, 0.2) is 5.89 Å². The Kier molecular flexibility index (Phi) is 2.53. The summed E-state index contributed by atoms with van der Waals surface area (Å²) in [5, 5.41) is 2.65. The molecule has 0 aliphatic carbocycles. The van der Waals surface area contributed by atoms with E-state index >= 15 is 0 Å². The molecule has 2 heterocycles. The maximum atomic E-state index is 11.5. The molecule has 0 aliphatic rings. The Labute approximate surface area is 86.1 Å². The number of hydrogen-bond donors (Lipinski definition) is 1. The summed E-state index contributed by atoms with van der Waals surface area (Å²) in [5.41, 5.74) is 0. The molecule has 0 aliphatic heterocycles. The second-order valence-electron chi connectivity index (χ2n) is 3.01. The highest BCUT2D eigenvalue weighted by atomic mass is 16.4. The van der Waals surface area contributed by atoms with Crippen LogP contribution in [0.15, 0.2) is 33.4 Å². The molecular formula is C10H10N2O3. The quantitative estimate of drug-likeness (QED) is 0.826. The van der Waals surface area contributed by atoms with E-state index in [0.29, 0.717) is 18.2 Å². The summed E-state index contributed by atoms with van der Waals surface area (Å²) in [4.78, 5) is 15.3. The molecule has 2 aromatic rings. The number of carbonyl (C=O) groups excluding carboxylic acids is 1. The van der Waals surface area contributed by atoms with Crippen molar-refractivity contribution in [1.29, 1.82) is 0 Å². The molecule has 5 heteroatoms. The van der Waals surface area contributed by atoms with E-state index < -0.39 is 0 Å². The highest BCUT2D eigenvalue weighted by molar-refractivity contribution is 5.90. The summed E-state index contributed by atoms with van der Waals surface area (Å²) in [5.74, 6) is 1.07. The summed E-state index contributed by atoms with van der Waals surface area (Å²) < 4.78 is 10.1. The highest BCUT2D eigenvalue weighted by Gasteiger charge is 2.10. The van der Waals surface area contributed by atoms with Crippen LogP contribution in [0.2, 0.25) is 0 Å². The van der Waals surface area contributed by atoms with Crippen LogP contribution in [0.25, 0.3) is 0 Å². The van der Waals surface area contributed by atoms with E-state index in [-0.39, 0.29) is 11.7 Å². The van der Waals surface area contributed by atoms with Crippen LogP contribution in [0, 0.1) is 6.92 Å². The minimum Gasteiger partial charge on any atom is -0.467 e. The molecular weight excluding hydrogens is 196 g/mol. The van der Waals surface area contributed by atoms with Crippen LogP contribution in [0.4, 0.5) is 0 Å². The van der Waals surface area contributed by atoms with Gasteiger partial charge in [-0.05, 0) is 12.1 Å². The zero-order chi connectivity index (χ0) is 10.7. The average Bonchev–Trinajstić information content (AvgIpc) is 2.84. The third kappa shape index (κ3) is 2.25. The molecule has 0 aromatic carbocycles. The zero-order valence-corrected chi connectivity index (χ0v) is 8.19. The van der Waals surface area contributed by atoms with E-state index in [4.69, 9.17) is 8.83 Å². The van der Waals surface area contributed by atoms with E-state index in [9.17, 15) is 4.79 Å². The monoisotopic (exact) mass is 206 g/mol. The Balaban J connectivity index is 1.93. The number of carbonyl (C=O) groups is 1. The SMILES string of the molecule is Cc1ncc(C(=O)NCc2ccco2)o1. The van der Waals surface area contributed by atoms with Crippen molar-refractivity contribution in [2.75, 3.05) is 0 Å². The van der Waals surface area contributed by atoms with Crippen LogP contribution in [-0.4, -0.2) is 10.9 Å². The predicted octanol–water partition coefficient (Wildman–Crippen LogP) is 1.51. The van der Waals surface area contributed by atoms with Gasteiger partial charge in [0.25, 0.3) is 5.91 Å². The zero-order valence-electron chi connectivity index (χ0n) is 8.19. The van der Waals surface area contributed by atoms with Gasteiger partial charge in [-0.25, -0.2) is 4.98 Å². The number of oxazole rings is 1. The number of nitrogens with zero attached hydrogens (tertiary/aromatic N) is 1. The number of hydrogen-bond acceptors (Lipinski definition) is 4. The Morgan fingerprint density at radius 1 is 1.60 bits per heavy atom. The lowest BCUT2D eigenvalue weighted by atomic mass is 10.4. The van der Waals surface area contributed by atoms with Crippen LogP contribution in [0.5, 0.6) is 0 Å². The number of amides is 1. The van der Waals surface area contributed by atoms with Crippen molar-refractivity contribution in [2.45, 2.75) is 13.5 Å². The first kappa shape index (κ1) is 9.51. The van der Waals surface area contributed by atoms with Gasteiger partial charge in [-0.2, -0.15) is 0 Å². The fourth-order valence-corrected chi connectivity index (χ4v) is 1.13. The van der Waals surface area contributed by atoms with E-state index in [0.717, 1.165) is 0 Å². The average molecular weight is 206 g/mol. The van der Waals surface area contributed by atoms with Gasteiger partial charge in [0, 0.05) is 6.92 Å². The summed E-state index contributed by atoms with van der Waals surface area (Å²) in [6, 6.07) is 3.55. The lowest BCUT2D eigenvalue weighted by Gasteiger charge is -1.98. The largest absolute Gasteiger partial charge is 0.467 e. The third-order valence-electron chi connectivity index (χ3n) is 1.85. The van der Waals surface area contributed by atoms with E-state index in [1.165, 1.54) is 6.20 Å². The molecule has 1 N–H and O–H groups in total. The van der Waals surface area contributed by atoms with E-state index in [1.807, 2.05) is 0 Å². The van der Waals surface area contributed by atoms with Crippen molar-refractivity contribution >= 4 is 5.91 Å². The van der Waals surface area contributed by atoms with Crippen molar-refractivity contribution in [3.05, 3.63) is 42.0 Å². The normalized spacial score (nSPS) is 10.2. The molecule has 78 valence electrons. The van der Waals surface area contributed by atoms with Gasteiger partial charge < -0.3 is 14.2 Å². The fraction of sp³-hybridized carbons (Fsp3) is 0.200. The molecule has 0 unspecified atom stereocenters. The van der Waals surface area contributed by atoms with Gasteiger partial charge in [0.2, 0.25) is 5.76 Å². The summed E-state index contributed by atoms with van der Waals surface area (Å²) in [6.45, 7) is 2.02. The van der Waals surface area contributed by atoms with Crippen molar-refractivity contribution in [3.63, 3.8) is 0 Å². The van der Waals surface area contributed by atoms with Crippen molar-refractivity contribution in [1.82, 2.24) is 10.3 Å². The van der Waals surface area contributed by atoms with Gasteiger partial charge in [-0.15, -0.1) is 0 Å². The van der Waals surface area contributed by atoms with Crippen LogP contribution >= 0.6 is 0 Å². The lowest BCUT2D eigenvalue weighted by molar-refractivity contribution is 0.0919. The molecule has 0 atom stereocenters. The molecule has 0 spiro atoms. The van der Waals surface area contributed by atoms with Gasteiger partial charge in [-0.1, -0.05) is 0 Å². The van der Waals surface area contributed by atoms with Crippen LogP contribution in [0.3, 0.4) is 0 Å². The molecule has 1 amide bonds. The second kappa shape index (κ2) is 4.00. The molecule has 0 fully saturated rings. The Hall–Kier alpha value is -2.04. The Morgan fingerprint density at radius 2 is 2.47 bits per heavy atom. The number of furan rings is 1. The predicted molar refractivity (Wildman–Crippen MR) is 51.1 cm³/mol. The fourth-order valence-electron chi connectivity index (χ4n) is 1.13. The number of aryl methyl sites for hydroxylation is 1. The molecule has 0 saturated heterocycles. The first-order valence-corrected chi connectivity index (χ1v) is 4.49. The maximum Gasteiger partial charge on any atom is 0.289 e. The molecule has 2 rings (SSSR count). The first-order chi connectivity index (χ1) is 7.25. The smallest absolute Gasteiger partial charge is 0.289 e. The van der Waals surface area contributed by atoms with Gasteiger partial charge in [0.1, 0.15) is 5.76 Å². The minimum absolute atomic E-state index is 0.207. The molecule has 0 bridgehead atoms. The van der Waals surface area contributed by atoms with Crippen molar-refractivity contribution in [3.8, 4) is 0 Å². The van der Waals surface area contributed by atoms with Crippen LogP contribution in [-0.2, 0) is 6.54 Å². The second-order valence-corrected chi connectivity index (χ2v) is 3.01. The number of rotatable bonds is 3. The topological polar surface area (TPSA) is 68.3 Å². The molecule has 0 radical (unpaired) electrons. The van der Waals surface area contributed by atoms with E-state index in [2.05, 4.69) is 10.3 Å². The van der Waals surface area contributed by atoms with E-state index in [1.54, 1.807) is 25.3 Å². The van der Waals surface area contributed by atoms with Crippen LogP contribution in [0.1, 0.15) is 22.2 Å². The maximum absolute atomic E-state index is 11.5. The third-order valence-corrected chi connectivity index (χ3v) is 1.85. The standard InChI is InChI=1S/C10H10N2O3/c1-7-11-6-9(15-7)10(13)12-5-8-3-2-4-14-8/h2-4,6H,5H2,1H3,(H,12,13).